The van der Waals surface area contributed by atoms with Crippen molar-refractivity contribution in [3.63, 3.8) is 0 Å². The third kappa shape index (κ3) is 2.43. The third-order valence-corrected chi connectivity index (χ3v) is 3.56. The second kappa shape index (κ2) is 4.74. The Hall–Kier alpha value is -2.17. The molecule has 1 aliphatic rings. The van der Waals surface area contributed by atoms with Crippen molar-refractivity contribution in [1.82, 2.24) is 9.47 Å². The van der Waals surface area contributed by atoms with Crippen LogP contribution in [0.2, 0.25) is 0 Å². The first-order valence-corrected chi connectivity index (χ1v) is 6.82. The van der Waals surface area contributed by atoms with Crippen LogP contribution in [0.1, 0.15) is 40.9 Å². The van der Waals surface area contributed by atoms with Crippen LogP contribution >= 0.6 is 0 Å². The van der Waals surface area contributed by atoms with Crippen molar-refractivity contribution in [3.8, 4) is 0 Å². The summed E-state index contributed by atoms with van der Waals surface area (Å²) in [5.41, 5.74) is 7.13. The van der Waals surface area contributed by atoms with Crippen LogP contribution in [-0.2, 0) is 6.54 Å². The molecule has 0 bridgehead atoms. The minimum absolute atomic E-state index is 0.0253. The van der Waals surface area contributed by atoms with E-state index in [0.29, 0.717) is 24.0 Å². The highest BCUT2D eigenvalue weighted by atomic mass is 16.3. The van der Waals surface area contributed by atoms with Gasteiger partial charge < -0.3 is 19.6 Å². The minimum Gasteiger partial charge on any atom is -0.464 e. The summed E-state index contributed by atoms with van der Waals surface area (Å²) in [7, 11) is 1.78. The van der Waals surface area contributed by atoms with Gasteiger partial charge in [0.05, 0.1) is 12.2 Å². The van der Waals surface area contributed by atoms with Crippen LogP contribution in [0.3, 0.4) is 0 Å². The molecule has 106 valence electrons. The van der Waals surface area contributed by atoms with E-state index in [1.165, 1.54) is 0 Å². The van der Waals surface area contributed by atoms with Crippen molar-refractivity contribution in [2.75, 3.05) is 12.8 Å². The number of anilines is 1. The molecule has 5 nitrogen and oxygen atoms in total. The molecule has 2 aromatic heterocycles. The van der Waals surface area contributed by atoms with Crippen LogP contribution < -0.4 is 5.73 Å². The fraction of sp³-hybridized carbons (Fsp3) is 0.400. The molecule has 0 atom stereocenters. The Balaban J connectivity index is 1.77. The van der Waals surface area contributed by atoms with Gasteiger partial charge >= 0.3 is 0 Å². The summed E-state index contributed by atoms with van der Waals surface area (Å²) in [4.78, 5) is 14.2. The van der Waals surface area contributed by atoms with Crippen molar-refractivity contribution in [2.24, 2.45) is 0 Å². The standard InChI is InChI=1S/C15H19N3O2/c1-10-3-6-13(20-10)9-17(2)15(19)14-7-11(16)8-18(14)12-4-5-12/h3,6-8,12H,4-5,9,16H2,1-2H3. The molecule has 3 rings (SSSR count). The highest BCUT2D eigenvalue weighted by Crippen LogP contribution is 2.37. The van der Waals surface area contributed by atoms with E-state index in [-0.39, 0.29) is 5.91 Å². The zero-order valence-corrected chi connectivity index (χ0v) is 11.8. The molecular weight excluding hydrogens is 254 g/mol. The van der Waals surface area contributed by atoms with E-state index in [9.17, 15) is 4.79 Å². The van der Waals surface area contributed by atoms with Gasteiger partial charge in [-0.2, -0.15) is 0 Å². The topological polar surface area (TPSA) is 64.4 Å². The van der Waals surface area contributed by atoms with E-state index in [2.05, 4.69) is 0 Å². The number of carbonyl (C=O) groups is 1. The van der Waals surface area contributed by atoms with Crippen LogP contribution in [0.25, 0.3) is 0 Å². The molecule has 0 unspecified atom stereocenters. The number of amides is 1. The van der Waals surface area contributed by atoms with Gasteiger partial charge in [-0.05, 0) is 38.0 Å². The summed E-state index contributed by atoms with van der Waals surface area (Å²) in [6.45, 7) is 2.35. The number of hydrogen-bond donors (Lipinski definition) is 1. The van der Waals surface area contributed by atoms with Crippen molar-refractivity contribution < 1.29 is 9.21 Å². The molecule has 2 heterocycles. The Morgan fingerprint density at radius 1 is 1.50 bits per heavy atom. The lowest BCUT2D eigenvalue weighted by Gasteiger charge is -2.17. The van der Waals surface area contributed by atoms with Gasteiger partial charge in [0.25, 0.3) is 5.91 Å². The Morgan fingerprint density at radius 3 is 2.85 bits per heavy atom. The van der Waals surface area contributed by atoms with Crippen LogP contribution in [0.15, 0.2) is 28.8 Å². The van der Waals surface area contributed by atoms with E-state index < -0.39 is 0 Å². The lowest BCUT2D eigenvalue weighted by molar-refractivity contribution is 0.0764. The zero-order valence-electron chi connectivity index (χ0n) is 11.8. The molecule has 20 heavy (non-hydrogen) atoms. The predicted molar refractivity (Wildman–Crippen MR) is 76.4 cm³/mol. The summed E-state index contributed by atoms with van der Waals surface area (Å²) < 4.78 is 7.51. The average molecular weight is 273 g/mol. The second-order valence-electron chi connectivity index (χ2n) is 5.47. The first kappa shape index (κ1) is 12.8. The zero-order chi connectivity index (χ0) is 14.3. The Bertz CT molecular complexity index is 637. The van der Waals surface area contributed by atoms with E-state index in [1.807, 2.05) is 29.8 Å². The van der Waals surface area contributed by atoms with E-state index in [4.69, 9.17) is 10.2 Å². The van der Waals surface area contributed by atoms with Gasteiger partial charge in [0.15, 0.2) is 0 Å². The number of hydrogen-bond acceptors (Lipinski definition) is 3. The number of nitrogen functional groups attached to an aromatic ring is 1. The molecule has 0 radical (unpaired) electrons. The third-order valence-electron chi connectivity index (χ3n) is 3.56. The summed E-state index contributed by atoms with van der Waals surface area (Å²) >= 11 is 0. The molecule has 1 saturated carbocycles. The molecule has 5 heteroatoms. The minimum atomic E-state index is -0.0253. The van der Waals surface area contributed by atoms with Gasteiger partial charge in [-0.15, -0.1) is 0 Å². The maximum Gasteiger partial charge on any atom is 0.270 e. The summed E-state index contributed by atoms with van der Waals surface area (Å²) in [6, 6.07) is 5.99. The maximum absolute atomic E-state index is 12.5. The largest absolute Gasteiger partial charge is 0.464 e. The predicted octanol–water partition coefficient (Wildman–Crippen LogP) is 2.58. The second-order valence-corrected chi connectivity index (χ2v) is 5.47. The lowest BCUT2D eigenvalue weighted by atomic mass is 10.3. The highest BCUT2D eigenvalue weighted by molar-refractivity contribution is 5.93. The van der Waals surface area contributed by atoms with Gasteiger partial charge in [0.1, 0.15) is 17.2 Å². The SMILES string of the molecule is Cc1ccc(CN(C)C(=O)c2cc(N)cn2C2CC2)o1. The molecule has 1 fully saturated rings. The number of rotatable bonds is 4. The Labute approximate surface area is 118 Å². The summed E-state index contributed by atoms with van der Waals surface area (Å²) in [5.74, 6) is 1.62. The maximum atomic E-state index is 12.5. The molecule has 2 N–H and O–H groups in total. The molecule has 1 amide bonds. The van der Waals surface area contributed by atoms with Crippen LogP contribution in [-0.4, -0.2) is 22.4 Å². The van der Waals surface area contributed by atoms with Crippen molar-refractivity contribution in [2.45, 2.75) is 32.4 Å². The number of furan rings is 1. The summed E-state index contributed by atoms with van der Waals surface area (Å²) in [6.07, 6.45) is 4.10. The van der Waals surface area contributed by atoms with Gasteiger partial charge in [-0.1, -0.05) is 0 Å². The van der Waals surface area contributed by atoms with Crippen molar-refractivity contribution in [1.29, 1.82) is 0 Å². The van der Waals surface area contributed by atoms with Crippen LogP contribution in [0, 0.1) is 6.92 Å². The van der Waals surface area contributed by atoms with Gasteiger partial charge in [0.2, 0.25) is 0 Å². The van der Waals surface area contributed by atoms with Gasteiger partial charge in [0, 0.05) is 19.3 Å². The van der Waals surface area contributed by atoms with Gasteiger partial charge in [-0.3, -0.25) is 4.79 Å². The van der Waals surface area contributed by atoms with E-state index in [0.717, 1.165) is 24.4 Å². The lowest BCUT2D eigenvalue weighted by Crippen LogP contribution is -2.28. The fourth-order valence-corrected chi connectivity index (χ4v) is 2.40. The first-order valence-electron chi connectivity index (χ1n) is 6.82. The quantitative estimate of drug-likeness (QED) is 0.931. The number of nitrogens with two attached hydrogens (primary N) is 1. The molecular formula is C15H19N3O2. The monoisotopic (exact) mass is 273 g/mol. The van der Waals surface area contributed by atoms with E-state index in [1.54, 1.807) is 18.0 Å². The number of nitrogens with zero attached hydrogens (tertiary/aromatic N) is 2. The smallest absolute Gasteiger partial charge is 0.270 e. The van der Waals surface area contributed by atoms with Crippen LogP contribution in [0.5, 0.6) is 0 Å². The molecule has 2 aromatic rings. The number of aryl methyl sites for hydroxylation is 1. The fourth-order valence-electron chi connectivity index (χ4n) is 2.40. The Kier molecular flexibility index (Phi) is 3.04. The van der Waals surface area contributed by atoms with Crippen molar-refractivity contribution >= 4 is 11.6 Å². The Morgan fingerprint density at radius 2 is 2.25 bits per heavy atom. The molecule has 0 aliphatic heterocycles. The number of aromatic nitrogens is 1. The molecule has 1 aliphatic carbocycles. The molecule has 0 saturated heterocycles. The molecule has 0 spiro atoms. The first-order chi connectivity index (χ1) is 9.54. The van der Waals surface area contributed by atoms with E-state index >= 15 is 0 Å². The molecule has 0 aromatic carbocycles. The normalized spacial score (nSPS) is 14.5. The average Bonchev–Trinajstić information content (AvgIpc) is 3.07. The number of carbonyl (C=O) groups excluding carboxylic acids is 1. The highest BCUT2D eigenvalue weighted by Gasteiger charge is 2.28. The van der Waals surface area contributed by atoms with Crippen LogP contribution in [0.4, 0.5) is 5.69 Å². The van der Waals surface area contributed by atoms with Gasteiger partial charge in [-0.25, -0.2) is 0 Å². The van der Waals surface area contributed by atoms with Crippen molar-refractivity contribution in [3.05, 3.63) is 41.6 Å². The summed E-state index contributed by atoms with van der Waals surface area (Å²) in [5, 5.41) is 0.